The van der Waals surface area contributed by atoms with Crippen LogP contribution in [0.25, 0.3) is 0 Å². The van der Waals surface area contributed by atoms with Crippen molar-refractivity contribution in [1.82, 2.24) is 0 Å². The molecule has 0 heterocycles. The van der Waals surface area contributed by atoms with Gasteiger partial charge in [-0.05, 0) is 30.3 Å². The maximum atomic E-state index is 11.1. The molecule has 0 saturated heterocycles. The Labute approximate surface area is 122 Å². The first-order valence-corrected chi connectivity index (χ1v) is 6.28. The molecule has 0 aliphatic carbocycles. The van der Waals surface area contributed by atoms with E-state index in [-0.39, 0.29) is 17.0 Å². The first kappa shape index (κ1) is 14.0. The number of nitro benzene ring substituents is 1. The summed E-state index contributed by atoms with van der Waals surface area (Å²) in [5, 5.41) is 10.9. The normalized spacial score (nSPS) is 10.1. The average molecular weight is 337 g/mol. The van der Waals surface area contributed by atoms with E-state index in [1.54, 1.807) is 24.3 Å². The van der Waals surface area contributed by atoms with Crippen LogP contribution >= 0.6 is 15.9 Å². The lowest BCUT2D eigenvalue weighted by Crippen LogP contribution is -2.11. The summed E-state index contributed by atoms with van der Waals surface area (Å²) in [4.78, 5) is 21.5. The Morgan fingerprint density at radius 1 is 1.20 bits per heavy atom. The fourth-order valence-corrected chi connectivity index (χ4v) is 1.79. The minimum Gasteiger partial charge on any atom is -0.450 e. The third kappa shape index (κ3) is 3.12. The van der Waals surface area contributed by atoms with Gasteiger partial charge in [-0.2, -0.15) is 0 Å². The van der Waals surface area contributed by atoms with Gasteiger partial charge >= 0.3 is 5.69 Å². The molecular formula is C13H9BrN2O4. The number of amides is 1. The topological polar surface area (TPSA) is 95.5 Å². The Morgan fingerprint density at radius 2 is 1.85 bits per heavy atom. The molecule has 0 spiro atoms. The van der Waals surface area contributed by atoms with Gasteiger partial charge in [0.05, 0.1) is 4.92 Å². The number of primary amides is 1. The molecule has 0 aliphatic heterocycles. The highest BCUT2D eigenvalue weighted by Gasteiger charge is 2.18. The van der Waals surface area contributed by atoms with Gasteiger partial charge in [-0.3, -0.25) is 14.9 Å². The second kappa shape index (κ2) is 5.70. The Morgan fingerprint density at radius 3 is 2.40 bits per heavy atom. The lowest BCUT2D eigenvalue weighted by atomic mass is 10.2. The molecule has 0 fully saturated rings. The smallest absolute Gasteiger partial charge is 0.311 e. The molecule has 2 N–H and O–H groups in total. The fourth-order valence-electron chi connectivity index (χ4n) is 1.53. The van der Waals surface area contributed by atoms with Gasteiger partial charge in [0.1, 0.15) is 5.75 Å². The summed E-state index contributed by atoms with van der Waals surface area (Å²) in [5.41, 5.74) is 5.05. The van der Waals surface area contributed by atoms with Crippen LogP contribution in [0.4, 0.5) is 5.69 Å². The monoisotopic (exact) mass is 336 g/mol. The zero-order chi connectivity index (χ0) is 14.7. The van der Waals surface area contributed by atoms with E-state index in [0.717, 1.165) is 4.47 Å². The van der Waals surface area contributed by atoms with Crippen LogP contribution < -0.4 is 10.5 Å². The predicted octanol–water partition coefficient (Wildman–Crippen LogP) is 3.25. The number of hydrogen-bond donors (Lipinski definition) is 1. The van der Waals surface area contributed by atoms with Crippen molar-refractivity contribution in [2.75, 3.05) is 0 Å². The number of rotatable bonds is 4. The van der Waals surface area contributed by atoms with Crippen LogP contribution in [0.5, 0.6) is 11.5 Å². The number of halogens is 1. The van der Waals surface area contributed by atoms with Crippen LogP contribution in [0.15, 0.2) is 46.9 Å². The van der Waals surface area contributed by atoms with Crippen LogP contribution in [0.2, 0.25) is 0 Å². The number of ether oxygens (including phenoxy) is 1. The summed E-state index contributed by atoms with van der Waals surface area (Å²) in [6.07, 6.45) is 0. The summed E-state index contributed by atoms with van der Waals surface area (Å²) in [6.45, 7) is 0. The van der Waals surface area contributed by atoms with Gasteiger partial charge < -0.3 is 10.5 Å². The highest BCUT2D eigenvalue weighted by Crippen LogP contribution is 2.32. The second-order valence-corrected chi connectivity index (χ2v) is 4.78. The van der Waals surface area contributed by atoms with Gasteiger partial charge in [-0.1, -0.05) is 15.9 Å². The van der Waals surface area contributed by atoms with Crippen molar-refractivity contribution in [2.24, 2.45) is 5.73 Å². The van der Waals surface area contributed by atoms with E-state index in [4.69, 9.17) is 10.5 Å². The number of nitro groups is 1. The molecule has 0 aliphatic rings. The Balaban J connectivity index is 2.41. The quantitative estimate of drug-likeness (QED) is 0.684. The van der Waals surface area contributed by atoms with E-state index < -0.39 is 10.8 Å². The molecule has 0 unspecified atom stereocenters. The summed E-state index contributed by atoms with van der Waals surface area (Å²) < 4.78 is 6.30. The third-order valence-electron chi connectivity index (χ3n) is 2.48. The lowest BCUT2D eigenvalue weighted by Gasteiger charge is -2.07. The maximum Gasteiger partial charge on any atom is 0.311 e. The zero-order valence-corrected chi connectivity index (χ0v) is 11.7. The zero-order valence-electron chi connectivity index (χ0n) is 10.1. The first-order chi connectivity index (χ1) is 9.47. The van der Waals surface area contributed by atoms with Gasteiger partial charge in [0.2, 0.25) is 11.7 Å². The fraction of sp³-hybridized carbons (Fsp3) is 0. The lowest BCUT2D eigenvalue weighted by molar-refractivity contribution is -0.385. The molecule has 2 rings (SSSR count). The van der Waals surface area contributed by atoms with Crippen LogP contribution in [0.3, 0.4) is 0 Å². The molecule has 7 heteroatoms. The van der Waals surface area contributed by atoms with Gasteiger partial charge in [0, 0.05) is 22.2 Å². The van der Waals surface area contributed by atoms with Crippen LogP contribution in [-0.2, 0) is 0 Å². The van der Waals surface area contributed by atoms with E-state index in [1.807, 2.05) is 0 Å². The van der Waals surface area contributed by atoms with Crippen LogP contribution in [0.1, 0.15) is 10.4 Å². The van der Waals surface area contributed by atoms with Crippen LogP contribution in [0, 0.1) is 10.1 Å². The van der Waals surface area contributed by atoms with Crippen molar-refractivity contribution in [2.45, 2.75) is 0 Å². The Bertz CT molecular complexity index is 671. The van der Waals surface area contributed by atoms with Crippen LogP contribution in [-0.4, -0.2) is 10.8 Å². The van der Waals surface area contributed by atoms with Crippen molar-refractivity contribution < 1.29 is 14.5 Å². The molecule has 0 atom stereocenters. The van der Waals surface area contributed by atoms with Crippen molar-refractivity contribution >= 4 is 27.5 Å². The van der Waals surface area contributed by atoms with Gasteiger partial charge in [-0.25, -0.2) is 0 Å². The standard InChI is InChI=1S/C13H9BrN2O4/c14-9-2-4-10(5-3-9)20-12-7-8(13(15)17)1-6-11(12)16(18)19/h1-7H,(H2,15,17). The Kier molecular flexibility index (Phi) is 3.99. The molecule has 0 bridgehead atoms. The minimum absolute atomic E-state index is 0.0337. The van der Waals surface area contributed by atoms with E-state index in [1.165, 1.54) is 18.2 Å². The van der Waals surface area contributed by atoms with Crippen molar-refractivity contribution in [3.05, 3.63) is 62.6 Å². The largest absolute Gasteiger partial charge is 0.450 e. The molecule has 20 heavy (non-hydrogen) atoms. The van der Waals surface area contributed by atoms with Crippen molar-refractivity contribution in [3.63, 3.8) is 0 Å². The highest BCUT2D eigenvalue weighted by molar-refractivity contribution is 9.10. The molecule has 0 saturated carbocycles. The molecule has 102 valence electrons. The molecule has 6 nitrogen and oxygen atoms in total. The molecule has 2 aromatic carbocycles. The number of nitrogens with zero attached hydrogens (tertiary/aromatic N) is 1. The summed E-state index contributed by atoms with van der Waals surface area (Å²) in [5.74, 6) is -0.299. The Hall–Kier alpha value is -2.41. The summed E-state index contributed by atoms with van der Waals surface area (Å²) in [7, 11) is 0. The number of carbonyl (C=O) groups is 1. The average Bonchev–Trinajstić information content (AvgIpc) is 2.41. The molecular weight excluding hydrogens is 328 g/mol. The summed E-state index contributed by atoms with van der Waals surface area (Å²) in [6, 6.07) is 10.5. The maximum absolute atomic E-state index is 11.1. The van der Waals surface area contributed by atoms with E-state index in [0.29, 0.717) is 5.75 Å². The SMILES string of the molecule is NC(=O)c1ccc([N+](=O)[O-])c(Oc2ccc(Br)cc2)c1. The number of nitrogens with two attached hydrogens (primary N) is 1. The molecule has 0 aromatic heterocycles. The minimum atomic E-state index is -0.680. The third-order valence-corrected chi connectivity index (χ3v) is 3.01. The van der Waals surface area contributed by atoms with Gasteiger partial charge in [-0.15, -0.1) is 0 Å². The second-order valence-electron chi connectivity index (χ2n) is 3.86. The molecule has 1 amide bonds. The number of carbonyl (C=O) groups excluding carboxylic acids is 1. The predicted molar refractivity (Wildman–Crippen MR) is 75.8 cm³/mol. The van der Waals surface area contributed by atoms with E-state index >= 15 is 0 Å². The van der Waals surface area contributed by atoms with Crippen molar-refractivity contribution in [3.8, 4) is 11.5 Å². The first-order valence-electron chi connectivity index (χ1n) is 5.49. The van der Waals surface area contributed by atoms with E-state index in [2.05, 4.69) is 15.9 Å². The van der Waals surface area contributed by atoms with Gasteiger partial charge in [0.25, 0.3) is 0 Å². The van der Waals surface area contributed by atoms with Crippen molar-refractivity contribution in [1.29, 1.82) is 0 Å². The number of benzene rings is 2. The molecule has 0 radical (unpaired) electrons. The molecule has 2 aromatic rings. The summed E-state index contributed by atoms with van der Waals surface area (Å²) >= 11 is 3.27. The van der Waals surface area contributed by atoms with Gasteiger partial charge in [0.15, 0.2) is 0 Å². The highest BCUT2D eigenvalue weighted by atomic mass is 79.9. The van der Waals surface area contributed by atoms with E-state index in [9.17, 15) is 14.9 Å². The number of hydrogen-bond acceptors (Lipinski definition) is 4.